The number of fused-ring (bicyclic) bond motifs is 1. The van der Waals surface area contributed by atoms with Gasteiger partial charge in [0.05, 0.1) is 5.57 Å². The summed E-state index contributed by atoms with van der Waals surface area (Å²) >= 11 is 0. The van der Waals surface area contributed by atoms with Crippen LogP contribution in [0, 0.1) is 11.8 Å². The molecule has 0 aromatic heterocycles. The van der Waals surface area contributed by atoms with E-state index in [4.69, 9.17) is 0 Å². The lowest BCUT2D eigenvalue weighted by molar-refractivity contribution is -0.110. The number of hydrogen-bond donors (Lipinski definition) is 1. The van der Waals surface area contributed by atoms with Crippen LogP contribution in [0.1, 0.15) is 30.9 Å². The molecule has 108 valence electrons. The number of benzene rings is 2. The van der Waals surface area contributed by atoms with Gasteiger partial charge < -0.3 is 5.32 Å². The molecule has 0 saturated carbocycles. The van der Waals surface area contributed by atoms with Crippen molar-refractivity contribution in [2.24, 2.45) is 0 Å². The highest BCUT2D eigenvalue weighted by molar-refractivity contribution is 6.32. The van der Waals surface area contributed by atoms with Crippen molar-refractivity contribution in [3.63, 3.8) is 0 Å². The summed E-state index contributed by atoms with van der Waals surface area (Å²) in [5.41, 5.74) is 4.43. The molecule has 2 aromatic rings. The van der Waals surface area contributed by atoms with Gasteiger partial charge in [-0.15, -0.1) is 0 Å². The molecule has 22 heavy (non-hydrogen) atoms. The second-order valence-electron chi connectivity index (χ2n) is 5.22. The van der Waals surface area contributed by atoms with Crippen LogP contribution < -0.4 is 5.32 Å². The molecule has 0 unspecified atom stereocenters. The Labute approximate surface area is 130 Å². The first kappa shape index (κ1) is 14.2. The first-order chi connectivity index (χ1) is 10.8. The van der Waals surface area contributed by atoms with Crippen LogP contribution in [0.5, 0.6) is 0 Å². The number of amides is 1. The predicted octanol–water partition coefficient (Wildman–Crippen LogP) is 4.24. The molecule has 3 rings (SSSR count). The van der Waals surface area contributed by atoms with Crippen LogP contribution in [0.15, 0.2) is 60.2 Å². The summed E-state index contributed by atoms with van der Waals surface area (Å²) in [6, 6.07) is 17.6. The van der Waals surface area contributed by atoms with E-state index in [9.17, 15) is 4.79 Å². The largest absolute Gasteiger partial charge is 0.321 e. The summed E-state index contributed by atoms with van der Waals surface area (Å²) in [5.74, 6) is 6.34. The SMILES string of the molecule is CCC/C(C#Cc1ccccc1)=C1/C(=O)Nc2ccccc21. The van der Waals surface area contributed by atoms with Crippen molar-refractivity contribution in [3.8, 4) is 11.8 Å². The van der Waals surface area contributed by atoms with Crippen molar-refractivity contribution in [3.05, 3.63) is 71.3 Å². The second-order valence-corrected chi connectivity index (χ2v) is 5.22. The van der Waals surface area contributed by atoms with Crippen LogP contribution in [-0.4, -0.2) is 5.91 Å². The van der Waals surface area contributed by atoms with E-state index in [1.807, 2.05) is 54.6 Å². The average Bonchev–Trinajstić information content (AvgIpc) is 2.88. The van der Waals surface area contributed by atoms with Crippen molar-refractivity contribution in [1.82, 2.24) is 0 Å². The van der Waals surface area contributed by atoms with E-state index in [1.54, 1.807) is 0 Å². The molecule has 2 nitrogen and oxygen atoms in total. The third kappa shape index (κ3) is 2.80. The van der Waals surface area contributed by atoms with Gasteiger partial charge in [-0.3, -0.25) is 4.79 Å². The maximum absolute atomic E-state index is 12.3. The molecular formula is C20H17NO. The fourth-order valence-corrected chi connectivity index (χ4v) is 2.59. The van der Waals surface area contributed by atoms with Crippen molar-refractivity contribution in [2.75, 3.05) is 5.32 Å². The van der Waals surface area contributed by atoms with Gasteiger partial charge in [0.2, 0.25) is 0 Å². The van der Waals surface area contributed by atoms with Crippen LogP contribution in [0.4, 0.5) is 5.69 Å². The third-order valence-electron chi connectivity index (χ3n) is 3.60. The highest BCUT2D eigenvalue weighted by atomic mass is 16.2. The maximum Gasteiger partial charge on any atom is 0.257 e. The third-order valence-corrected chi connectivity index (χ3v) is 3.60. The van der Waals surface area contributed by atoms with Crippen LogP contribution in [0.2, 0.25) is 0 Å². The highest BCUT2D eigenvalue weighted by Gasteiger charge is 2.26. The number of allylic oxidation sites excluding steroid dienone is 1. The molecule has 2 aromatic carbocycles. The smallest absolute Gasteiger partial charge is 0.257 e. The number of nitrogens with one attached hydrogen (secondary N) is 1. The first-order valence-electron chi connectivity index (χ1n) is 7.50. The zero-order valence-corrected chi connectivity index (χ0v) is 12.5. The van der Waals surface area contributed by atoms with Gasteiger partial charge in [0.15, 0.2) is 0 Å². The summed E-state index contributed by atoms with van der Waals surface area (Å²) in [6.45, 7) is 2.10. The van der Waals surface area contributed by atoms with Gasteiger partial charge >= 0.3 is 0 Å². The Bertz CT molecular complexity index is 791. The van der Waals surface area contributed by atoms with E-state index < -0.39 is 0 Å². The van der Waals surface area contributed by atoms with Gasteiger partial charge in [-0.2, -0.15) is 0 Å². The topological polar surface area (TPSA) is 29.1 Å². The average molecular weight is 287 g/mol. The molecule has 0 atom stereocenters. The summed E-state index contributed by atoms with van der Waals surface area (Å²) < 4.78 is 0. The molecular weight excluding hydrogens is 270 g/mol. The summed E-state index contributed by atoms with van der Waals surface area (Å²) in [4.78, 5) is 12.3. The Morgan fingerprint density at radius 2 is 1.77 bits per heavy atom. The minimum Gasteiger partial charge on any atom is -0.321 e. The molecule has 1 heterocycles. The van der Waals surface area contributed by atoms with Gasteiger partial charge in [-0.25, -0.2) is 0 Å². The molecule has 0 aliphatic carbocycles. The number of para-hydroxylation sites is 1. The standard InChI is InChI=1S/C20H17NO/c1-2-8-16(14-13-15-9-4-3-5-10-15)19-17-11-6-7-12-18(17)21-20(19)22/h3-7,9-12H,2,8H2,1H3,(H,21,22)/b19-16-. The number of rotatable bonds is 2. The molecule has 2 heteroatoms. The fraction of sp³-hybridized carbons (Fsp3) is 0.150. The lowest BCUT2D eigenvalue weighted by Crippen LogP contribution is -2.05. The minimum atomic E-state index is -0.0491. The fourth-order valence-electron chi connectivity index (χ4n) is 2.59. The summed E-state index contributed by atoms with van der Waals surface area (Å²) in [5, 5.41) is 2.92. The molecule has 1 aliphatic rings. The van der Waals surface area contributed by atoms with E-state index in [0.717, 1.165) is 40.8 Å². The van der Waals surface area contributed by atoms with Gasteiger partial charge in [0.25, 0.3) is 5.91 Å². The molecule has 1 amide bonds. The van der Waals surface area contributed by atoms with Crippen LogP contribution >= 0.6 is 0 Å². The Balaban J connectivity index is 2.08. The Kier molecular flexibility index (Phi) is 4.07. The van der Waals surface area contributed by atoms with Crippen molar-refractivity contribution in [1.29, 1.82) is 0 Å². The van der Waals surface area contributed by atoms with Crippen LogP contribution in [0.3, 0.4) is 0 Å². The van der Waals surface area contributed by atoms with Crippen LogP contribution in [-0.2, 0) is 4.79 Å². The molecule has 1 N–H and O–H groups in total. The van der Waals surface area contributed by atoms with E-state index in [2.05, 4.69) is 24.1 Å². The number of carbonyl (C=O) groups is 1. The minimum absolute atomic E-state index is 0.0491. The Morgan fingerprint density at radius 3 is 2.55 bits per heavy atom. The quantitative estimate of drug-likeness (QED) is 0.649. The molecule has 0 saturated heterocycles. The molecule has 0 radical (unpaired) electrons. The van der Waals surface area contributed by atoms with Gasteiger partial charge in [-0.05, 0) is 24.6 Å². The second kappa shape index (κ2) is 6.32. The maximum atomic E-state index is 12.3. The van der Waals surface area contributed by atoms with Crippen molar-refractivity contribution in [2.45, 2.75) is 19.8 Å². The van der Waals surface area contributed by atoms with Gasteiger partial charge in [0.1, 0.15) is 0 Å². The Morgan fingerprint density at radius 1 is 1.05 bits per heavy atom. The van der Waals surface area contributed by atoms with Crippen molar-refractivity contribution < 1.29 is 4.79 Å². The lowest BCUT2D eigenvalue weighted by Gasteiger charge is -2.03. The number of carbonyl (C=O) groups excluding carboxylic acids is 1. The van der Waals surface area contributed by atoms with E-state index in [1.165, 1.54) is 0 Å². The van der Waals surface area contributed by atoms with Crippen LogP contribution in [0.25, 0.3) is 5.57 Å². The predicted molar refractivity (Wildman–Crippen MR) is 90.2 cm³/mol. The Hall–Kier alpha value is -2.79. The first-order valence-corrected chi connectivity index (χ1v) is 7.50. The van der Waals surface area contributed by atoms with E-state index in [0.29, 0.717) is 0 Å². The normalized spacial score (nSPS) is 14.7. The monoisotopic (exact) mass is 287 g/mol. The lowest BCUT2D eigenvalue weighted by atomic mass is 9.98. The van der Waals surface area contributed by atoms with Crippen molar-refractivity contribution >= 4 is 17.2 Å². The molecule has 1 aliphatic heterocycles. The number of hydrogen-bond acceptors (Lipinski definition) is 1. The molecule has 0 bridgehead atoms. The highest BCUT2D eigenvalue weighted by Crippen LogP contribution is 2.34. The molecule has 0 spiro atoms. The number of anilines is 1. The van der Waals surface area contributed by atoms with Gasteiger partial charge in [0, 0.05) is 22.4 Å². The van der Waals surface area contributed by atoms with E-state index >= 15 is 0 Å². The molecule has 0 fully saturated rings. The zero-order valence-electron chi connectivity index (χ0n) is 12.5. The summed E-state index contributed by atoms with van der Waals surface area (Å²) in [7, 11) is 0. The zero-order chi connectivity index (χ0) is 15.4. The van der Waals surface area contributed by atoms with Gasteiger partial charge in [-0.1, -0.05) is 61.6 Å². The van der Waals surface area contributed by atoms with E-state index in [-0.39, 0.29) is 5.91 Å². The summed E-state index contributed by atoms with van der Waals surface area (Å²) in [6.07, 6.45) is 1.76.